The number of nitrogens with one attached hydrogen (secondary N) is 1. The number of ether oxygens (including phenoxy) is 1. The van der Waals surface area contributed by atoms with E-state index in [0.717, 1.165) is 36.3 Å². The van der Waals surface area contributed by atoms with Gasteiger partial charge in [-0.05, 0) is 38.0 Å². The standard InChI is InChI=1S/C20H29N3O4S/c1-12(6-7-28(5,25)26)22-17(24)16-11-21-19(20(2,3)4)23-18(16)27-15-9-13-8-14(13)10-15/h6-7,11-15H,8-10H2,1-5H3,(H,22,24)/b7-6+/t12-,13-,14+,15?/m0/s1. The third kappa shape index (κ3) is 5.31. The normalized spacial score (nSPS) is 25.4. The van der Waals surface area contributed by atoms with E-state index >= 15 is 0 Å². The number of fused-ring (bicyclic) bond motifs is 1. The van der Waals surface area contributed by atoms with E-state index < -0.39 is 15.9 Å². The third-order valence-electron chi connectivity index (χ3n) is 5.12. The number of sulfone groups is 1. The Balaban J connectivity index is 1.79. The van der Waals surface area contributed by atoms with Crippen molar-refractivity contribution >= 4 is 15.7 Å². The topological polar surface area (TPSA) is 98.2 Å². The van der Waals surface area contributed by atoms with Crippen LogP contribution in [0.15, 0.2) is 17.7 Å². The van der Waals surface area contributed by atoms with Crippen LogP contribution in [0, 0.1) is 11.8 Å². The maximum absolute atomic E-state index is 12.8. The average Bonchev–Trinajstić information content (AvgIpc) is 3.18. The molecule has 1 N–H and O–H groups in total. The predicted molar refractivity (Wildman–Crippen MR) is 107 cm³/mol. The van der Waals surface area contributed by atoms with Crippen LogP contribution in [0.1, 0.15) is 63.1 Å². The molecule has 0 saturated heterocycles. The zero-order valence-electron chi connectivity index (χ0n) is 17.1. The second-order valence-corrected chi connectivity index (χ2v) is 11.0. The minimum atomic E-state index is -3.25. The van der Waals surface area contributed by atoms with Gasteiger partial charge in [0.05, 0.1) is 0 Å². The first-order chi connectivity index (χ1) is 12.9. The fourth-order valence-electron chi connectivity index (χ4n) is 3.48. The minimum Gasteiger partial charge on any atom is -0.474 e. The van der Waals surface area contributed by atoms with Crippen molar-refractivity contribution in [2.75, 3.05) is 6.26 Å². The molecule has 0 bridgehead atoms. The molecule has 2 aliphatic carbocycles. The first kappa shape index (κ1) is 20.8. The molecule has 8 heteroatoms. The summed E-state index contributed by atoms with van der Waals surface area (Å²) in [6.07, 6.45) is 7.43. The van der Waals surface area contributed by atoms with Crippen LogP contribution < -0.4 is 10.1 Å². The Hall–Kier alpha value is -1.96. The molecule has 1 amide bonds. The van der Waals surface area contributed by atoms with Gasteiger partial charge in [-0.15, -0.1) is 0 Å². The second-order valence-electron chi connectivity index (χ2n) is 9.05. The van der Waals surface area contributed by atoms with Crippen molar-refractivity contribution in [3.63, 3.8) is 0 Å². The number of aromatic nitrogens is 2. The summed E-state index contributed by atoms with van der Waals surface area (Å²) in [5, 5.41) is 3.84. The molecule has 3 rings (SSSR count). The first-order valence-corrected chi connectivity index (χ1v) is 11.6. The van der Waals surface area contributed by atoms with Crippen molar-refractivity contribution in [1.82, 2.24) is 15.3 Å². The molecule has 154 valence electrons. The van der Waals surface area contributed by atoms with E-state index in [1.165, 1.54) is 18.7 Å². The molecule has 1 unspecified atom stereocenters. The molecule has 0 radical (unpaired) electrons. The maximum atomic E-state index is 12.8. The number of carbonyl (C=O) groups is 1. The van der Waals surface area contributed by atoms with E-state index in [1.807, 2.05) is 20.8 Å². The Morgan fingerprint density at radius 1 is 1.29 bits per heavy atom. The Morgan fingerprint density at radius 2 is 1.93 bits per heavy atom. The van der Waals surface area contributed by atoms with Gasteiger partial charge in [0.25, 0.3) is 5.91 Å². The molecule has 28 heavy (non-hydrogen) atoms. The summed E-state index contributed by atoms with van der Waals surface area (Å²) >= 11 is 0. The van der Waals surface area contributed by atoms with Gasteiger partial charge in [-0.2, -0.15) is 4.98 Å². The molecular weight excluding hydrogens is 378 g/mol. The van der Waals surface area contributed by atoms with Crippen molar-refractivity contribution < 1.29 is 17.9 Å². The second kappa shape index (κ2) is 7.46. The number of rotatable bonds is 6. The lowest BCUT2D eigenvalue weighted by Gasteiger charge is -2.21. The molecule has 0 aliphatic heterocycles. The largest absolute Gasteiger partial charge is 0.474 e. The van der Waals surface area contributed by atoms with Gasteiger partial charge in [0.2, 0.25) is 5.88 Å². The van der Waals surface area contributed by atoms with Crippen LogP contribution in [0.5, 0.6) is 5.88 Å². The summed E-state index contributed by atoms with van der Waals surface area (Å²) in [5.74, 6) is 2.05. The minimum absolute atomic E-state index is 0.0839. The molecule has 2 aliphatic rings. The van der Waals surface area contributed by atoms with E-state index in [-0.39, 0.29) is 23.0 Å². The van der Waals surface area contributed by atoms with Gasteiger partial charge >= 0.3 is 0 Å². The van der Waals surface area contributed by atoms with Crippen molar-refractivity contribution in [3.05, 3.63) is 29.1 Å². The number of carbonyl (C=O) groups excluding carboxylic acids is 1. The highest BCUT2D eigenvalue weighted by molar-refractivity contribution is 7.93. The van der Waals surface area contributed by atoms with Crippen LogP contribution in [0.3, 0.4) is 0 Å². The predicted octanol–water partition coefficient (Wildman–Crippen LogP) is 2.63. The van der Waals surface area contributed by atoms with Crippen LogP contribution in [-0.4, -0.2) is 42.7 Å². The molecular formula is C20H29N3O4S. The Kier molecular flexibility index (Phi) is 5.53. The number of hydrogen-bond acceptors (Lipinski definition) is 6. The Labute approximate surface area is 166 Å². The smallest absolute Gasteiger partial charge is 0.258 e. The van der Waals surface area contributed by atoms with Crippen LogP contribution >= 0.6 is 0 Å². The number of nitrogens with zero attached hydrogens (tertiary/aromatic N) is 2. The van der Waals surface area contributed by atoms with E-state index in [1.54, 1.807) is 6.92 Å². The highest BCUT2D eigenvalue weighted by Crippen LogP contribution is 2.52. The highest BCUT2D eigenvalue weighted by atomic mass is 32.2. The monoisotopic (exact) mass is 407 g/mol. The molecule has 1 aromatic heterocycles. The maximum Gasteiger partial charge on any atom is 0.258 e. The molecule has 0 aromatic carbocycles. The summed E-state index contributed by atoms with van der Waals surface area (Å²) in [4.78, 5) is 21.7. The van der Waals surface area contributed by atoms with Gasteiger partial charge in [0.1, 0.15) is 17.5 Å². The highest BCUT2D eigenvalue weighted by Gasteiger charge is 2.47. The van der Waals surface area contributed by atoms with Gasteiger partial charge in [0, 0.05) is 29.3 Å². The summed E-state index contributed by atoms with van der Waals surface area (Å²) in [7, 11) is -3.25. The van der Waals surface area contributed by atoms with Gasteiger partial charge < -0.3 is 10.1 Å². The van der Waals surface area contributed by atoms with E-state index in [2.05, 4.69) is 15.3 Å². The zero-order chi connectivity index (χ0) is 20.7. The van der Waals surface area contributed by atoms with Crippen molar-refractivity contribution in [2.24, 2.45) is 11.8 Å². The Morgan fingerprint density at radius 3 is 2.50 bits per heavy atom. The van der Waals surface area contributed by atoms with E-state index in [4.69, 9.17) is 4.74 Å². The quantitative estimate of drug-likeness (QED) is 0.778. The number of hydrogen-bond donors (Lipinski definition) is 1. The van der Waals surface area contributed by atoms with Gasteiger partial charge in [-0.1, -0.05) is 26.8 Å². The molecule has 0 spiro atoms. The van der Waals surface area contributed by atoms with Crippen LogP contribution in [0.25, 0.3) is 0 Å². The van der Waals surface area contributed by atoms with Crippen molar-refractivity contribution in [1.29, 1.82) is 0 Å². The first-order valence-electron chi connectivity index (χ1n) is 9.65. The molecule has 7 nitrogen and oxygen atoms in total. The number of amides is 1. The van der Waals surface area contributed by atoms with Crippen molar-refractivity contribution in [2.45, 2.75) is 64.5 Å². The van der Waals surface area contributed by atoms with E-state index in [9.17, 15) is 13.2 Å². The molecule has 2 fully saturated rings. The average molecular weight is 408 g/mol. The summed E-state index contributed by atoms with van der Waals surface area (Å²) in [6, 6.07) is -0.462. The summed E-state index contributed by atoms with van der Waals surface area (Å²) in [5.41, 5.74) is 0.00405. The Bertz CT molecular complexity index is 879. The van der Waals surface area contributed by atoms with Crippen LogP contribution in [0.4, 0.5) is 0 Å². The summed E-state index contributed by atoms with van der Waals surface area (Å²) < 4.78 is 28.7. The lowest BCUT2D eigenvalue weighted by atomic mass is 9.95. The molecule has 2 saturated carbocycles. The lowest BCUT2D eigenvalue weighted by Crippen LogP contribution is -2.32. The third-order valence-corrected chi connectivity index (χ3v) is 5.77. The van der Waals surface area contributed by atoms with E-state index in [0.29, 0.717) is 11.7 Å². The van der Waals surface area contributed by atoms with Crippen LogP contribution in [0.2, 0.25) is 0 Å². The lowest BCUT2D eigenvalue weighted by molar-refractivity contribution is 0.0936. The molecule has 4 atom stereocenters. The van der Waals surface area contributed by atoms with Gasteiger partial charge in [0.15, 0.2) is 9.84 Å². The van der Waals surface area contributed by atoms with Gasteiger partial charge in [-0.25, -0.2) is 13.4 Å². The fourth-order valence-corrected chi connectivity index (χ4v) is 4.00. The molecule has 1 aromatic rings. The fraction of sp³-hybridized carbons (Fsp3) is 0.650. The zero-order valence-corrected chi connectivity index (χ0v) is 17.9. The summed E-state index contributed by atoms with van der Waals surface area (Å²) in [6.45, 7) is 7.73. The van der Waals surface area contributed by atoms with Gasteiger partial charge in [-0.3, -0.25) is 4.79 Å². The van der Waals surface area contributed by atoms with Crippen LogP contribution in [-0.2, 0) is 15.3 Å². The molecule has 1 heterocycles. The SMILES string of the molecule is C[C@@H](/C=C/S(C)(=O)=O)NC(=O)c1cnc(C(C)(C)C)nc1OC1C[C@@H]2C[C@@H]2C1. The van der Waals surface area contributed by atoms with Crippen molar-refractivity contribution in [3.8, 4) is 5.88 Å².